The quantitative estimate of drug-likeness (QED) is 0.544. The third-order valence-corrected chi connectivity index (χ3v) is 4.55. The molecule has 0 radical (unpaired) electrons. The maximum absolute atomic E-state index is 6.04. The summed E-state index contributed by atoms with van der Waals surface area (Å²) >= 11 is 30.0. The van der Waals surface area contributed by atoms with Gasteiger partial charge in [-0.05, 0) is 39.2 Å². The van der Waals surface area contributed by atoms with Crippen molar-refractivity contribution in [1.29, 1.82) is 0 Å². The second-order valence-corrected chi connectivity index (χ2v) is 9.12. The van der Waals surface area contributed by atoms with Crippen LogP contribution in [-0.4, -0.2) is 41.5 Å². The number of hydrogen-bond acceptors (Lipinski definition) is 5. The van der Waals surface area contributed by atoms with Gasteiger partial charge in [0, 0.05) is 24.3 Å². The van der Waals surface area contributed by atoms with Crippen LogP contribution >= 0.6 is 58.0 Å². The first-order valence-corrected chi connectivity index (χ1v) is 9.53. The summed E-state index contributed by atoms with van der Waals surface area (Å²) in [5.74, 6) is 0.810. The number of nitrogens with one attached hydrogen (secondary N) is 2. The molecule has 142 valence electrons. The minimum Gasteiger partial charge on any atom is -0.366 e. The Balaban J connectivity index is 2.32. The van der Waals surface area contributed by atoms with Crippen molar-refractivity contribution in [3.05, 3.63) is 40.0 Å². The van der Waals surface area contributed by atoms with Crippen LogP contribution in [0.15, 0.2) is 24.3 Å². The second-order valence-electron chi connectivity index (χ2n) is 6.02. The molecule has 0 amide bonds. The standard InChI is InChI=1S/C16H18Cl5N5/c1-9(8-26(2)3)22-14-7-13(16(19,20)21)24-15(25-14)23-10-4-5-11(17)12(18)6-10/h4-7,9H,8H2,1-3H3,(H2,22,23,24,25). The van der Waals surface area contributed by atoms with Gasteiger partial charge in [0.15, 0.2) is 0 Å². The summed E-state index contributed by atoms with van der Waals surface area (Å²) in [6.45, 7) is 2.84. The van der Waals surface area contributed by atoms with Crippen LogP contribution in [0.1, 0.15) is 12.6 Å². The van der Waals surface area contributed by atoms with Gasteiger partial charge in [0.05, 0.1) is 15.7 Å². The van der Waals surface area contributed by atoms with E-state index in [4.69, 9.17) is 58.0 Å². The highest BCUT2D eigenvalue weighted by Crippen LogP contribution is 2.38. The molecule has 0 fully saturated rings. The van der Waals surface area contributed by atoms with Gasteiger partial charge in [-0.3, -0.25) is 0 Å². The van der Waals surface area contributed by atoms with E-state index < -0.39 is 3.79 Å². The molecule has 2 aromatic rings. The minimum absolute atomic E-state index is 0.126. The fourth-order valence-corrected chi connectivity index (χ4v) is 2.86. The fourth-order valence-electron chi connectivity index (χ4n) is 2.27. The van der Waals surface area contributed by atoms with E-state index in [9.17, 15) is 0 Å². The Labute approximate surface area is 177 Å². The molecule has 0 saturated carbocycles. The van der Waals surface area contributed by atoms with E-state index in [0.717, 1.165) is 6.54 Å². The monoisotopic (exact) mass is 455 g/mol. The maximum Gasteiger partial charge on any atom is 0.232 e. The average Bonchev–Trinajstić information content (AvgIpc) is 2.49. The summed E-state index contributed by atoms with van der Waals surface area (Å²) in [5, 5.41) is 7.19. The molecule has 26 heavy (non-hydrogen) atoms. The predicted molar refractivity (Wildman–Crippen MR) is 113 cm³/mol. The van der Waals surface area contributed by atoms with Gasteiger partial charge in [0.25, 0.3) is 0 Å². The van der Waals surface area contributed by atoms with Crippen molar-refractivity contribution in [1.82, 2.24) is 14.9 Å². The van der Waals surface area contributed by atoms with E-state index in [1.807, 2.05) is 21.0 Å². The SMILES string of the molecule is CC(CN(C)C)Nc1cc(C(Cl)(Cl)Cl)nc(Nc2ccc(Cl)c(Cl)c2)n1. The zero-order valence-electron chi connectivity index (χ0n) is 14.3. The van der Waals surface area contributed by atoms with Crippen LogP contribution in [0.25, 0.3) is 0 Å². The van der Waals surface area contributed by atoms with Crippen LogP contribution in [0.4, 0.5) is 17.5 Å². The van der Waals surface area contributed by atoms with Crippen molar-refractivity contribution in [3.63, 3.8) is 0 Å². The van der Waals surface area contributed by atoms with Crippen LogP contribution < -0.4 is 10.6 Å². The van der Waals surface area contributed by atoms with Crippen LogP contribution in [0, 0.1) is 0 Å². The topological polar surface area (TPSA) is 53.1 Å². The molecule has 1 atom stereocenters. The molecule has 0 bridgehead atoms. The first-order valence-electron chi connectivity index (χ1n) is 7.64. The van der Waals surface area contributed by atoms with Crippen molar-refractivity contribution < 1.29 is 0 Å². The molecule has 0 aliphatic carbocycles. The van der Waals surface area contributed by atoms with Crippen molar-refractivity contribution in [3.8, 4) is 0 Å². The van der Waals surface area contributed by atoms with Gasteiger partial charge >= 0.3 is 0 Å². The summed E-state index contributed by atoms with van der Waals surface area (Å²) in [7, 11) is 3.98. The highest BCUT2D eigenvalue weighted by atomic mass is 35.6. The number of anilines is 3. The van der Waals surface area contributed by atoms with Crippen LogP contribution in [0.3, 0.4) is 0 Å². The van der Waals surface area contributed by atoms with Crippen LogP contribution in [-0.2, 0) is 3.79 Å². The highest BCUT2D eigenvalue weighted by Gasteiger charge is 2.26. The number of aromatic nitrogens is 2. The highest BCUT2D eigenvalue weighted by molar-refractivity contribution is 6.66. The number of likely N-dealkylation sites (N-methyl/N-ethyl adjacent to an activating group) is 1. The molecule has 10 heteroatoms. The third kappa shape index (κ3) is 6.48. The van der Waals surface area contributed by atoms with Crippen molar-refractivity contribution in [2.45, 2.75) is 16.8 Å². The molecule has 0 aliphatic heterocycles. The lowest BCUT2D eigenvalue weighted by atomic mass is 10.3. The first kappa shape index (κ1) is 21.6. The number of hydrogen-bond donors (Lipinski definition) is 2. The minimum atomic E-state index is -1.68. The largest absolute Gasteiger partial charge is 0.366 e. The molecule has 0 aliphatic rings. The lowest BCUT2D eigenvalue weighted by molar-refractivity contribution is 0.392. The number of halogens is 5. The van der Waals surface area contributed by atoms with Gasteiger partial charge in [-0.2, -0.15) is 4.98 Å². The van der Waals surface area contributed by atoms with E-state index in [1.54, 1.807) is 24.3 Å². The molecule has 1 aromatic carbocycles. The summed E-state index contributed by atoms with van der Waals surface area (Å²) < 4.78 is -1.68. The van der Waals surface area contributed by atoms with Crippen LogP contribution in [0.2, 0.25) is 10.0 Å². The number of nitrogens with zero attached hydrogens (tertiary/aromatic N) is 3. The van der Waals surface area contributed by atoms with Crippen molar-refractivity contribution >= 4 is 75.5 Å². The van der Waals surface area contributed by atoms with Gasteiger partial charge in [-0.1, -0.05) is 58.0 Å². The fraction of sp³-hybridized carbons (Fsp3) is 0.375. The summed E-state index contributed by atoms with van der Waals surface area (Å²) in [6.07, 6.45) is 0. The van der Waals surface area contributed by atoms with Crippen molar-refractivity contribution in [2.75, 3.05) is 31.3 Å². The van der Waals surface area contributed by atoms with E-state index in [1.165, 1.54) is 0 Å². The van der Waals surface area contributed by atoms with Gasteiger partial charge in [-0.15, -0.1) is 0 Å². The number of benzene rings is 1. The third-order valence-electron chi connectivity index (χ3n) is 3.23. The second kappa shape index (κ2) is 9.00. The average molecular weight is 458 g/mol. The number of rotatable bonds is 6. The molecule has 5 nitrogen and oxygen atoms in total. The zero-order valence-corrected chi connectivity index (χ0v) is 18.1. The van der Waals surface area contributed by atoms with Gasteiger partial charge in [0.2, 0.25) is 9.74 Å². The Hall–Kier alpha value is -0.690. The van der Waals surface area contributed by atoms with Crippen LogP contribution in [0.5, 0.6) is 0 Å². The van der Waals surface area contributed by atoms with E-state index >= 15 is 0 Å². The Morgan fingerprint density at radius 3 is 2.35 bits per heavy atom. The van der Waals surface area contributed by atoms with E-state index in [0.29, 0.717) is 21.6 Å². The van der Waals surface area contributed by atoms with Gasteiger partial charge in [-0.25, -0.2) is 4.98 Å². The summed E-state index contributed by atoms with van der Waals surface area (Å²) in [4.78, 5) is 10.8. The summed E-state index contributed by atoms with van der Waals surface area (Å²) in [5.41, 5.74) is 0.910. The zero-order chi connectivity index (χ0) is 19.5. The Morgan fingerprint density at radius 1 is 1.08 bits per heavy atom. The Kier molecular flexibility index (Phi) is 7.48. The van der Waals surface area contributed by atoms with Crippen molar-refractivity contribution in [2.24, 2.45) is 0 Å². The molecular weight excluding hydrogens is 439 g/mol. The molecule has 1 heterocycles. The molecule has 2 rings (SSSR count). The Bertz CT molecular complexity index is 763. The summed E-state index contributed by atoms with van der Waals surface area (Å²) in [6, 6.07) is 6.82. The predicted octanol–water partition coefficient (Wildman–Crippen LogP) is 5.72. The molecular formula is C16H18Cl5N5. The van der Waals surface area contributed by atoms with E-state index in [2.05, 4.69) is 25.5 Å². The smallest absolute Gasteiger partial charge is 0.232 e. The molecule has 0 saturated heterocycles. The van der Waals surface area contributed by atoms with Gasteiger partial charge < -0.3 is 15.5 Å². The lowest BCUT2D eigenvalue weighted by Crippen LogP contribution is -2.30. The molecule has 0 spiro atoms. The molecule has 1 aromatic heterocycles. The molecule has 2 N–H and O–H groups in total. The first-order chi connectivity index (χ1) is 12.0. The number of alkyl halides is 3. The lowest BCUT2D eigenvalue weighted by Gasteiger charge is -2.20. The maximum atomic E-state index is 6.04. The van der Waals surface area contributed by atoms with Gasteiger partial charge in [0.1, 0.15) is 5.82 Å². The normalized spacial score (nSPS) is 13.0. The molecule has 1 unspecified atom stereocenters. The van der Waals surface area contributed by atoms with E-state index in [-0.39, 0.29) is 17.7 Å². The Morgan fingerprint density at radius 2 is 1.77 bits per heavy atom.